The lowest BCUT2D eigenvalue weighted by Gasteiger charge is -2.26. The zero-order chi connectivity index (χ0) is 7.40. The van der Waals surface area contributed by atoms with Crippen molar-refractivity contribution in [2.75, 3.05) is 26.3 Å². The van der Waals surface area contributed by atoms with Crippen molar-refractivity contribution < 1.29 is 9.53 Å². The third kappa shape index (κ3) is 4.54. The highest BCUT2D eigenvalue weighted by molar-refractivity contribution is 14.0. The lowest BCUT2D eigenvalue weighted by Crippen LogP contribution is -2.47. The van der Waals surface area contributed by atoms with Crippen LogP contribution in [0.5, 0.6) is 0 Å². The van der Waals surface area contributed by atoms with Gasteiger partial charge in [0.2, 0.25) is 5.91 Å². The van der Waals surface area contributed by atoms with Crippen LogP contribution in [-0.2, 0) is 9.53 Å². The smallest absolute Gasteiger partial charge is 0.231 e. The van der Waals surface area contributed by atoms with E-state index in [2.05, 4.69) is 5.43 Å². The number of nitrogens with one attached hydrogen (secondary N) is 1. The van der Waals surface area contributed by atoms with E-state index in [0.29, 0.717) is 13.2 Å². The molecule has 0 aromatic rings. The molecule has 1 saturated heterocycles. The number of amides is 1. The summed E-state index contributed by atoms with van der Waals surface area (Å²) < 4.78 is 5.09. The minimum absolute atomic E-state index is 0. The Labute approximate surface area is 83.3 Å². The van der Waals surface area contributed by atoms with Gasteiger partial charge in [0.15, 0.2) is 0 Å². The summed E-state index contributed by atoms with van der Waals surface area (Å²) in [5.41, 5.74) is 2.70. The third-order valence-electron chi connectivity index (χ3n) is 1.33. The van der Waals surface area contributed by atoms with Crippen molar-refractivity contribution in [3.63, 3.8) is 0 Å². The molecule has 1 fully saturated rings. The zero-order valence-corrected chi connectivity index (χ0v) is 8.83. The van der Waals surface area contributed by atoms with Gasteiger partial charge in [-0.15, -0.1) is 24.0 Å². The number of rotatable bonds is 1. The van der Waals surface area contributed by atoms with Crippen molar-refractivity contribution in [1.29, 1.82) is 0 Å². The summed E-state index contributed by atoms with van der Waals surface area (Å²) in [6, 6.07) is 0. The van der Waals surface area contributed by atoms with E-state index in [0.717, 1.165) is 13.1 Å². The molecule has 0 bridgehead atoms. The molecule has 5 heteroatoms. The van der Waals surface area contributed by atoms with Crippen molar-refractivity contribution in [2.45, 2.75) is 6.92 Å². The molecule has 0 atom stereocenters. The Morgan fingerprint density at radius 2 is 2.00 bits per heavy atom. The molecule has 1 amide bonds. The van der Waals surface area contributed by atoms with Crippen molar-refractivity contribution in [1.82, 2.24) is 10.4 Å². The number of nitrogens with zero attached hydrogens (tertiary/aromatic N) is 1. The van der Waals surface area contributed by atoms with Crippen molar-refractivity contribution in [3.05, 3.63) is 0 Å². The lowest BCUT2D eigenvalue weighted by molar-refractivity contribution is -0.125. The molecular weight excluding hydrogens is 259 g/mol. The predicted molar refractivity (Wildman–Crippen MR) is 51.6 cm³/mol. The van der Waals surface area contributed by atoms with E-state index in [1.807, 2.05) is 5.01 Å². The van der Waals surface area contributed by atoms with E-state index < -0.39 is 0 Å². The normalized spacial score (nSPS) is 18.6. The zero-order valence-electron chi connectivity index (χ0n) is 6.50. The van der Waals surface area contributed by atoms with Gasteiger partial charge in [0.1, 0.15) is 0 Å². The molecule has 1 aliphatic rings. The molecule has 11 heavy (non-hydrogen) atoms. The van der Waals surface area contributed by atoms with Gasteiger partial charge in [-0.2, -0.15) is 0 Å². The molecule has 0 aliphatic carbocycles. The maximum absolute atomic E-state index is 10.5. The number of halogens is 1. The molecule has 4 nitrogen and oxygen atoms in total. The molecule has 0 aromatic heterocycles. The molecule has 1 heterocycles. The maximum Gasteiger partial charge on any atom is 0.231 e. The Kier molecular flexibility index (Phi) is 5.79. The number of hydrogen-bond donors (Lipinski definition) is 1. The quantitative estimate of drug-likeness (QED) is 0.682. The first kappa shape index (κ1) is 11.1. The van der Waals surface area contributed by atoms with Crippen LogP contribution in [-0.4, -0.2) is 37.2 Å². The number of ether oxygens (including phenoxy) is 1. The van der Waals surface area contributed by atoms with Crippen LogP contribution in [0.2, 0.25) is 0 Å². The van der Waals surface area contributed by atoms with Crippen LogP contribution < -0.4 is 5.43 Å². The van der Waals surface area contributed by atoms with Gasteiger partial charge in [-0.25, -0.2) is 5.01 Å². The van der Waals surface area contributed by atoms with Crippen molar-refractivity contribution in [3.8, 4) is 0 Å². The van der Waals surface area contributed by atoms with Gasteiger partial charge in [0.05, 0.1) is 13.2 Å². The molecule has 0 unspecified atom stereocenters. The fraction of sp³-hybridized carbons (Fsp3) is 0.833. The van der Waals surface area contributed by atoms with Gasteiger partial charge >= 0.3 is 0 Å². The predicted octanol–water partition coefficient (Wildman–Crippen LogP) is -0.0123. The summed E-state index contributed by atoms with van der Waals surface area (Å²) in [6.07, 6.45) is 0. The second-order valence-electron chi connectivity index (χ2n) is 2.27. The van der Waals surface area contributed by atoms with E-state index in [4.69, 9.17) is 4.74 Å². The number of morpholine rings is 1. The summed E-state index contributed by atoms with van der Waals surface area (Å²) in [5, 5.41) is 1.87. The number of carbonyl (C=O) groups excluding carboxylic acids is 1. The molecular formula is C6H13IN2O2. The van der Waals surface area contributed by atoms with Crippen LogP contribution >= 0.6 is 24.0 Å². The molecule has 1 rings (SSSR count). The van der Waals surface area contributed by atoms with Crippen LogP contribution in [0.15, 0.2) is 0 Å². The molecule has 0 saturated carbocycles. The average Bonchev–Trinajstić information content (AvgIpc) is 1.88. The standard InChI is InChI=1S/C6H12N2O2.HI/c1-6(9)7-8-2-4-10-5-3-8;/h2-5H2,1H3,(H,7,9);1H. The van der Waals surface area contributed by atoms with Gasteiger partial charge in [0.25, 0.3) is 0 Å². The minimum atomic E-state index is -0.0121. The maximum atomic E-state index is 10.5. The summed E-state index contributed by atoms with van der Waals surface area (Å²) in [7, 11) is 0. The Morgan fingerprint density at radius 3 is 2.45 bits per heavy atom. The highest BCUT2D eigenvalue weighted by Crippen LogP contribution is 1.91. The van der Waals surface area contributed by atoms with Gasteiger partial charge in [-0.1, -0.05) is 0 Å². The number of hydrazine groups is 1. The summed E-state index contributed by atoms with van der Waals surface area (Å²) in [5.74, 6) is -0.0121. The Balaban J connectivity index is 0.000001000. The summed E-state index contributed by atoms with van der Waals surface area (Å²) >= 11 is 0. The number of hydrogen-bond acceptors (Lipinski definition) is 3. The van der Waals surface area contributed by atoms with Gasteiger partial charge < -0.3 is 4.74 Å². The van der Waals surface area contributed by atoms with Gasteiger partial charge in [-0.3, -0.25) is 10.2 Å². The molecule has 0 aromatic carbocycles. The molecule has 0 spiro atoms. The highest BCUT2D eigenvalue weighted by atomic mass is 127. The van der Waals surface area contributed by atoms with E-state index >= 15 is 0 Å². The van der Waals surface area contributed by atoms with E-state index in [-0.39, 0.29) is 29.9 Å². The first-order chi connectivity index (χ1) is 4.79. The molecule has 1 aliphatic heterocycles. The van der Waals surface area contributed by atoms with Crippen LogP contribution in [0, 0.1) is 0 Å². The highest BCUT2D eigenvalue weighted by Gasteiger charge is 2.09. The first-order valence-corrected chi connectivity index (χ1v) is 3.39. The Bertz CT molecular complexity index is 126. The first-order valence-electron chi connectivity index (χ1n) is 3.39. The second kappa shape index (κ2) is 5.73. The van der Waals surface area contributed by atoms with Crippen LogP contribution in [0.1, 0.15) is 6.92 Å². The number of carbonyl (C=O) groups is 1. The van der Waals surface area contributed by atoms with E-state index in [9.17, 15) is 4.79 Å². The lowest BCUT2D eigenvalue weighted by atomic mass is 10.5. The average molecular weight is 272 g/mol. The Hall–Kier alpha value is 0.120. The van der Waals surface area contributed by atoms with Gasteiger partial charge in [-0.05, 0) is 0 Å². The van der Waals surface area contributed by atoms with Crippen LogP contribution in [0.25, 0.3) is 0 Å². The monoisotopic (exact) mass is 272 g/mol. The fourth-order valence-corrected chi connectivity index (χ4v) is 0.898. The summed E-state index contributed by atoms with van der Waals surface area (Å²) in [4.78, 5) is 10.5. The van der Waals surface area contributed by atoms with E-state index in [1.54, 1.807) is 0 Å². The molecule has 66 valence electrons. The SMILES string of the molecule is CC(=O)NN1CCOCC1.I. The van der Waals surface area contributed by atoms with Crippen LogP contribution in [0.4, 0.5) is 0 Å². The van der Waals surface area contributed by atoms with Crippen LogP contribution in [0.3, 0.4) is 0 Å². The summed E-state index contributed by atoms with van der Waals surface area (Å²) in [6.45, 7) is 4.51. The molecule has 0 radical (unpaired) electrons. The van der Waals surface area contributed by atoms with E-state index in [1.165, 1.54) is 6.92 Å². The Morgan fingerprint density at radius 1 is 1.45 bits per heavy atom. The van der Waals surface area contributed by atoms with Crippen molar-refractivity contribution >= 4 is 29.9 Å². The fourth-order valence-electron chi connectivity index (χ4n) is 0.898. The largest absolute Gasteiger partial charge is 0.379 e. The topological polar surface area (TPSA) is 41.6 Å². The van der Waals surface area contributed by atoms with Gasteiger partial charge in [0, 0.05) is 20.0 Å². The molecule has 1 N–H and O–H groups in total. The van der Waals surface area contributed by atoms with Crippen molar-refractivity contribution in [2.24, 2.45) is 0 Å². The minimum Gasteiger partial charge on any atom is -0.379 e. The third-order valence-corrected chi connectivity index (χ3v) is 1.33. The second-order valence-corrected chi connectivity index (χ2v) is 2.27.